The third-order valence-electron chi connectivity index (χ3n) is 2.58. The molecule has 0 aromatic heterocycles. The first-order valence-electron chi connectivity index (χ1n) is 6.48. The van der Waals surface area contributed by atoms with Crippen LogP contribution in [-0.2, 0) is 0 Å². The maximum Gasteiger partial charge on any atom is 0.0456 e. The lowest BCUT2D eigenvalue weighted by molar-refractivity contribution is 0.194. The quantitative estimate of drug-likeness (QED) is 0.699. The molecule has 0 spiro atoms. The smallest absolute Gasteiger partial charge is 0.0456 e. The van der Waals surface area contributed by atoms with Gasteiger partial charge in [0.1, 0.15) is 0 Å². The van der Waals surface area contributed by atoms with Crippen molar-refractivity contribution in [3.05, 3.63) is 12.3 Å². The molecule has 0 aliphatic rings. The first kappa shape index (κ1) is 17.9. The van der Waals surface area contributed by atoms with Crippen molar-refractivity contribution in [2.75, 3.05) is 13.2 Å². The maximum atomic E-state index is 9.01. The molecule has 2 N–H and O–H groups in total. The second-order valence-corrected chi connectivity index (χ2v) is 4.78. The Hall–Kier alpha value is -0.500. The van der Waals surface area contributed by atoms with E-state index in [1.54, 1.807) is 0 Å². The van der Waals surface area contributed by atoms with Gasteiger partial charge in [0.05, 0.1) is 0 Å². The second kappa shape index (κ2) is 9.71. The van der Waals surface area contributed by atoms with Gasteiger partial charge in [-0.05, 0) is 18.8 Å². The van der Waals surface area contributed by atoms with Crippen molar-refractivity contribution in [1.29, 1.82) is 0 Å². The summed E-state index contributed by atoms with van der Waals surface area (Å²) in [5.74, 6) is 0.338. The fraction of sp³-hybridized carbons (Fsp3) is 0.857. The minimum absolute atomic E-state index is 0.0668. The third kappa shape index (κ3) is 7.75. The molecule has 0 aliphatic carbocycles. The minimum Gasteiger partial charge on any atom is -0.396 e. The molecule has 1 atom stereocenters. The molecule has 0 aromatic carbocycles. The molecular weight excluding hydrogens is 198 g/mol. The molecule has 0 amide bonds. The van der Waals surface area contributed by atoms with Crippen LogP contribution in [0.4, 0.5) is 0 Å². The molecule has 2 heteroatoms. The highest BCUT2D eigenvalue weighted by Gasteiger charge is 2.23. The van der Waals surface area contributed by atoms with Gasteiger partial charge in [0.25, 0.3) is 0 Å². The molecule has 0 aromatic rings. The van der Waals surface area contributed by atoms with Gasteiger partial charge in [-0.1, -0.05) is 48.1 Å². The van der Waals surface area contributed by atoms with Crippen molar-refractivity contribution < 1.29 is 5.11 Å². The lowest BCUT2D eigenvalue weighted by Gasteiger charge is -2.30. The number of hydrogen-bond donors (Lipinski definition) is 2. The first-order valence-corrected chi connectivity index (χ1v) is 6.48. The summed E-state index contributed by atoms with van der Waals surface area (Å²) in [4.78, 5) is 0. The number of aliphatic hydroxyl groups excluding tert-OH is 1. The summed E-state index contributed by atoms with van der Waals surface area (Å²) in [5.41, 5.74) is 1.15. The summed E-state index contributed by atoms with van der Waals surface area (Å²) < 4.78 is 0. The Kier molecular flexibility index (Phi) is 10.8. The average molecular weight is 229 g/mol. The van der Waals surface area contributed by atoms with Crippen LogP contribution in [0.1, 0.15) is 54.4 Å². The Balaban J connectivity index is 0. The van der Waals surface area contributed by atoms with Crippen LogP contribution in [0.3, 0.4) is 0 Å². The van der Waals surface area contributed by atoms with Gasteiger partial charge in [-0.25, -0.2) is 0 Å². The molecule has 0 aliphatic heterocycles. The Morgan fingerprint density at radius 2 is 1.88 bits per heavy atom. The lowest BCUT2D eigenvalue weighted by atomic mass is 9.81. The number of aliphatic hydroxyl groups is 1. The van der Waals surface area contributed by atoms with E-state index in [4.69, 9.17) is 5.11 Å². The van der Waals surface area contributed by atoms with E-state index >= 15 is 0 Å². The maximum absolute atomic E-state index is 9.01. The zero-order chi connectivity index (χ0) is 13.2. The van der Waals surface area contributed by atoms with Crippen molar-refractivity contribution >= 4 is 0 Å². The van der Waals surface area contributed by atoms with Crippen LogP contribution in [0.2, 0.25) is 0 Å². The van der Waals surface area contributed by atoms with Crippen molar-refractivity contribution in [3.8, 4) is 0 Å². The third-order valence-corrected chi connectivity index (χ3v) is 2.58. The SMILES string of the molecule is C=C(NCCC)C(C)(C)CC(C)CO.CC. The van der Waals surface area contributed by atoms with Gasteiger partial charge in [-0.2, -0.15) is 0 Å². The van der Waals surface area contributed by atoms with Gasteiger partial charge in [-0.15, -0.1) is 0 Å². The number of allylic oxidation sites excluding steroid dienone is 1. The van der Waals surface area contributed by atoms with Gasteiger partial charge >= 0.3 is 0 Å². The highest BCUT2D eigenvalue weighted by Crippen LogP contribution is 2.30. The predicted molar refractivity (Wildman–Crippen MR) is 73.4 cm³/mol. The Morgan fingerprint density at radius 1 is 1.38 bits per heavy atom. The van der Waals surface area contributed by atoms with Crippen LogP contribution in [0.25, 0.3) is 0 Å². The Labute approximate surface area is 102 Å². The van der Waals surface area contributed by atoms with Gasteiger partial charge < -0.3 is 10.4 Å². The molecule has 16 heavy (non-hydrogen) atoms. The molecule has 0 heterocycles. The molecule has 0 saturated carbocycles. The van der Waals surface area contributed by atoms with E-state index in [0.717, 1.165) is 25.1 Å². The van der Waals surface area contributed by atoms with Crippen LogP contribution in [-0.4, -0.2) is 18.3 Å². The van der Waals surface area contributed by atoms with E-state index in [1.807, 2.05) is 13.8 Å². The van der Waals surface area contributed by atoms with Crippen LogP contribution in [0.15, 0.2) is 12.3 Å². The zero-order valence-corrected chi connectivity index (χ0v) is 12.1. The van der Waals surface area contributed by atoms with Crippen LogP contribution >= 0.6 is 0 Å². The fourth-order valence-corrected chi connectivity index (χ4v) is 1.57. The van der Waals surface area contributed by atoms with Gasteiger partial charge in [-0.3, -0.25) is 0 Å². The molecule has 98 valence electrons. The van der Waals surface area contributed by atoms with Gasteiger partial charge in [0, 0.05) is 24.3 Å². The number of nitrogens with one attached hydrogen (secondary N) is 1. The normalized spacial score (nSPS) is 12.4. The molecule has 0 rings (SSSR count). The van der Waals surface area contributed by atoms with E-state index < -0.39 is 0 Å². The Bertz CT molecular complexity index is 176. The fourth-order valence-electron chi connectivity index (χ4n) is 1.57. The van der Waals surface area contributed by atoms with E-state index in [9.17, 15) is 0 Å². The molecular formula is C14H31NO. The highest BCUT2D eigenvalue weighted by atomic mass is 16.3. The number of hydrogen-bond acceptors (Lipinski definition) is 2. The van der Waals surface area contributed by atoms with Crippen LogP contribution in [0.5, 0.6) is 0 Å². The first-order chi connectivity index (χ1) is 7.44. The highest BCUT2D eigenvalue weighted by molar-refractivity contribution is 5.04. The van der Waals surface area contributed by atoms with E-state index in [0.29, 0.717) is 5.92 Å². The van der Waals surface area contributed by atoms with Crippen LogP contribution < -0.4 is 5.32 Å². The topological polar surface area (TPSA) is 32.3 Å². The summed E-state index contributed by atoms with van der Waals surface area (Å²) in [6, 6.07) is 0. The van der Waals surface area contributed by atoms with Gasteiger partial charge in [0.2, 0.25) is 0 Å². The lowest BCUT2D eigenvalue weighted by Crippen LogP contribution is -2.28. The molecule has 0 radical (unpaired) electrons. The van der Waals surface area contributed by atoms with Crippen molar-refractivity contribution in [1.82, 2.24) is 5.32 Å². The monoisotopic (exact) mass is 229 g/mol. The predicted octanol–water partition coefficient (Wildman–Crippen LogP) is 3.57. The average Bonchev–Trinajstić information content (AvgIpc) is 2.27. The summed E-state index contributed by atoms with van der Waals surface area (Å²) in [6.07, 6.45) is 2.09. The van der Waals surface area contributed by atoms with Crippen molar-refractivity contribution in [2.45, 2.75) is 54.4 Å². The Morgan fingerprint density at radius 3 is 2.25 bits per heavy atom. The molecule has 0 fully saturated rings. The summed E-state index contributed by atoms with van der Waals surface area (Å²) in [6.45, 7) is 17.8. The summed E-state index contributed by atoms with van der Waals surface area (Å²) in [7, 11) is 0. The standard InChI is InChI=1S/C12H25NO.C2H6/c1-6-7-13-11(3)12(4,5)8-10(2)9-14;1-2/h10,13-14H,3,6-9H2,1-2,4-5H3;1-2H3. The molecule has 0 bridgehead atoms. The minimum atomic E-state index is 0.0668. The van der Waals surface area contributed by atoms with Crippen molar-refractivity contribution in [3.63, 3.8) is 0 Å². The van der Waals surface area contributed by atoms with Crippen molar-refractivity contribution in [2.24, 2.45) is 11.3 Å². The summed E-state index contributed by atoms with van der Waals surface area (Å²) >= 11 is 0. The van der Waals surface area contributed by atoms with Gasteiger partial charge in [0.15, 0.2) is 0 Å². The number of rotatable bonds is 7. The largest absolute Gasteiger partial charge is 0.396 e. The molecule has 1 unspecified atom stereocenters. The van der Waals surface area contributed by atoms with E-state index in [2.05, 4.69) is 39.6 Å². The zero-order valence-electron chi connectivity index (χ0n) is 12.1. The molecule has 0 saturated heterocycles. The summed E-state index contributed by atoms with van der Waals surface area (Å²) in [5, 5.41) is 12.3. The molecule has 2 nitrogen and oxygen atoms in total. The van der Waals surface area contributed by atoms with E-state index in [-0.39, 0.29) is 12.0 Å². The van der Waals surface area contributed by atoms with Crippen LogP contribution in [0, 0.1) is 11.3 Å². The second-order valence-electron chi connectivity index (χ2n) is 4.78. The van der Waals surface area contributed by atoms with E-state index in [1.165, 1.54) is 0 Å².